The van der Waals surface area contributed by atoms with Crippen molar-refractivity contribution in [1.29, 1.82) is 0 Å². The van der Waals surface area contributed by atoms with Crippen LogP contribution >= 0.6 is 22.9 Å². The van der Waals surface area contributed by atoms with Gasteiger partial charge in [-0.25, -0.2) is 4.90 Å². The van der Waals surface area contributed by atoms with Gasteiger partial charge in [-0.2, -0.15) is 0 Å². The van der Waals surface area contributed by atoms with Crippen LogP contribution in [0.4, 0.5) is 11.4 Å². The smallest absolute Gasteiger partial charge is 0.282 e. The Balaban J connectivity index is 1.82. The summed E-state index contributed by atoms with van der Waals surface area (Å²) >= 11 is 7.66. The summed E-state index contributed by atoms with van der Waals surface area (Å²) in [5, 5.41) is 5.26. The van der Waals surface area contributed by atoms with E-state index in [1.165, 1.54) is 25.6 Å². The summed E-state index contributed by atoms with van der Waals surface area (Å²) in [5.74, 6) is 0.177. The number of hydrogen-bond donors (Lipinski definition) is 1. The Morgan fingerprint density at radius 1 is 0.933 bits per heavy atom. The number of halogens is 1. The van der Waals surface area contributed by atoms with Gasteiger partial charge in [0, 0.05) is 28.8 Å². The molecule has 8 heteroatoms. The molecular formula is C22H17ClN2O4S. The molecule has 2 amide bonds. The van der Waals surface area contributed by atoms with Crippen molar-refractivity contribution < 1.29 is 19.1 Å². The number of amides is 2. The third-order valence-corrected chi connectivity index (χ3v) is 5.77. The fourth-order valence-corrected chi connectivity index (χ4v) is 4.16. The highest BCUT2D eigenvalue weighted by Crippen LogP contribution is 2.38. The van der Waals surface area contributed by atoms with Gasteiger partial charge in [0.25, 0.3) is 11.8 Å². The molecule has 0 radical (unpaired) electrons. The van der Waals surface area contributed by atoms with Gasteiger partial charge < -0.3 is 14.8 Å². The number of ether oxygens (including phenoxy) is 2. The fourth-order valence-electron chi connectivity index (χ4n) is 3.17. The Bertz CT molecular complexity index is 1140. The summed E-state index contributed by atoms with van der Waals surface area (Å²) in [4.78, 5) is 28.5. The number of imide groups is 1. The van der Waals surface area contributed by atoms with Gasteiger partial charge in [-0.05, 0) is 23.6 Å². The highest BCUT2D eigenvalue weighted by atomic mass is 35.5. The van der Waals surface area contributed by atoms with Crippen molar-refractivity contribution in [3.63, 3.8) is 0 Å². The number of thiophene rings is 1. The molecule has 0 bridgehead atoms. The normalized spacial score (nSPS) is 13.8. The molecule has 0 spiro atoms. The minimum atomic E-state index is -0.488. The van der Waals surface area contributed by atoms with Gasteiger partial charge in [0.2, 0.25) is 0 Å². The maximum absolute atomic E-state index is 13.4. The lowest BCUT2D eigenvalue weighted by atomic mass is 10.1. The third kappa shape index (κ3) is 3.53. The summed E-state index contributed by atoms with van der Waals surface area (Å²) in [6, 6.07) is 15.5. The quantitative estimate of drug-likeness (QED) is 0.557. The Morgan fingerprint density at radius 2 is 1.63 bits per heavy atom. The fraction of sp³-hybridized carbons (Fsp3) is 0.0909. The van der Waals surface area contributed by atoms with E-state index in [4.69, 9.17) is 21.1 Å². The molecule has 0 fully saturated rings. The first kappa shape index (κ1) is 20.0. The van der Waals surface area contributed by atoms with Gasteiger partial charge in [0.15, 0.2) is 0 Å². The van der Waals surface area contributed by atoms with E-state index < -0.39 is 11.8 Å². The molecule has 6 nitrogen and oxygen atoms in total. The highest BCUT2D eigenvalue weighted by Gasteiger charge is 2.41. The second kappa shape index (κ2) is 8.22. The zero-order valence-corrected chi connectivity index (χ0v) is 17.7. The van der Waals surface area contributed by atoms with Crippen molar-refractivity contribution in [1.82, 2.24) is 0 Å². The highest BCUT2D eigenvalue weighted by molar-refractivity contribution is 7.11. The molecule has 4 rings (SSSR count). The molecule has 0 saturated carbocycles. The van der Waals surface area contributed by atoms with Gasteiger partial charge in [0.1, 0.15) is 17.2 Å². The summed E-state index contributed by atoms with van der Waals surface area (Å²) in [5.41, 5.74) is 1.34. The molecule has 2 aromatic carbocycles. The standard InChI is InChI=1S/C22H17ClN2O4S/c1-28-14-10-13(11-15(12-14)29-2)24-20-19(18-8-5-9-30-18)21(26)25(22(20)27)17-7-4-3-6-16(17)23/h3-12,24H,1-2H3. The van der Waals surface area contributed by atoms with Gasteiger partial charge in [-0.1, -0.05) is 29.8 Å². The molecule has 0 atom stereocenters. The number of methoxy groups -OCH3 is 2. The van der Waals surface area contributed by atoms with E-state index in [0.717, 1.165) is 4.90 Å². The largest absolute Gasteiger partial charge is 0.497 e. The van der Waals surface area contributed by atoms with Crippen molar-refractivity contribution in [2.24, 2.45) is 0 Å². The van der Waals surface area contributed by atoms with Crippen LogP contribution in [-0.2, 0) is 9.59 Å². The second-order valence-electron chi connectivity index (χ2n) is 6.35. The number of hydrogen-bond acceptors (Lipinski definition) is 6. The van der Waals surface area contributed by atoms with E-state index in [1.807, 2.05) is 11.4 Å². The molecule has 1 aromatic heterocycles. The molecule has 1 aliphatic heterocycles. The van der Waals surface area contributed by atoms with Crippen molar-refractivity contribution in [3.8, 4) is 11.5 Å². The minimum absolute atomic E-state index is 0.165. The Hall–Kier alpha value is -3.29. The first-order chi connectivity index (χ1) is 14.5. The van der Waals surface area contributed by atoms with Gasteiger partial charge in [-0.3, -0.25) is 9.59 Å². The predicted molar refractivity (Wildman–Crippen MR) is 118 cm³/mol. The molecule has 152 valence electrons. The number of anilines is 2. The molecule has 1 N–H and O–H groups in total. The molecule has 0 aliphatic carbocycles. The Kier molecular flexibility index (Phi) is 5.48. The SMILES string of the molecule is COc1cc(NC2=C(c3cccs3)C(=O)N(c3ccccc3Cl)C2=O)cc(OC)c1. The van der Waals surface area contributed by atoms with E-state index in [9.17, 15) is 9.59 Å². The van der Waals surface area contributed by atoms with Gasteiger partial charge in [-0.15, -0.1) is 11.3 Å². The predicted octanol–water partition coefficient (Wildman–Crippen LogP) is 4.82. The number of rotatable bonds is 6. The average molecular weight is 441 g/mol. The first-order valence-electron chi connectivity index (χ1n) is 8.95. The van der Waals surface area contributed by atoms with E-state index in [-0.39, 0.29) is 11.3 Å². The van der Waals surface area contributed by atoms with Crippen LogP contribution in [0.15, 0.2) is 65.7 Å². The van der Waals surface area contributed by atoms with Crippen molar-refractivity contribution in [2.45, 2.75) is 0 Å². The summed E-state index contributed by atoms with van der Waals surface area (Å²) < 4.78 is 10.6. The number of carbonyl (C=O) groups excluding carboxylic acids is 2. The maximum atomic E-state index is 13.4. The van der Waals surface area contributed by atoms with Crippen LogP contribution in [0.3, 0.4) is 0 Å². The minimum Gasteiger partial charge on any atom is -0.497 e. The van der Waals surface area contributed by atoms with E-state index in [0.29, 0.717) is 32.8 Å². The molecule has 30 heavy (non-hydrogen) atoms. The second-order valence-corrected chi connectivity index (χ2v) is 7.71. The molecule has 0 unspecified atom stereocenters. The van der Waals surface area contributed by atoms with E-state index in [1.54, 1.807) is 48.5 Å². The molecular weight excluding hydrogens is 424 g/mol. The van der Waals surface area contributed by atoms with Gasteiger partial charge in [0.05, 0.1) is 30.5 Å². The zero-order valence-electron chi connectivity index (χ0n) is 16.1. The lowest BCUT2D eigenvalue weighted by molar-refractivity contribution is -0.120. The summed E-state index contributed by atoms with van der Waals surface area (Å²) in [6.45, 7) is 0. The van der Waals surface area contributed by atoms with Gasteiger partial charge >= 0.3 is 0 Å². The van der Waals surface area contributed by atoms with E-state index >= 15 is 0 Å². The van der Waals surface area contributed by atoms with Crippen LogP contribution < -0.4 is 19.7 Å². The summed E-state index contributed by atoms with van der Waals surface area (Å²) in [6.07, 6.45) is 0. The monoisotopic (exact) mass is 440 g/mol. The van der Waals surface area contributed by atoms with Crippen molar-refractivity contribution >= 4 is 51.7 Å². The average Bonchev–Trinajstić information content (AvgIpc) is 3.35. The lowest BCUT2D eigenvalue weighted by Gasteiger charge is -2.17. The molecule has 3 aromatic rings. The maximum Gasteiger partial charge on any atom is 0.282 e. The van der Waals surface area contributed by atoms with Crippen LogP contribution in [0.1, 0.15) is 4.88 Å². The number of para-hydroxylation sites is 1. The zero-order chi connectivity index (χ0) is 21.3. The van der Waals surface area contributed by atoms with Crippen LogP contribution in [-0.4, -0.2) is 26.0 Å². The number of carbonyl (C=O) groups is 2. The topological polar surface area (TPSA) is 67.9 Å². The summed E-state index contributed by atoms with van der Waals surface area (Å²) in [7, 11) is 3.08. The number of nitrogens with zero attached hydrogens (tertiary/aromatic N) is 1. The third-order valence-electron chi connectivity index (χ3n) is 4.57. The van der Waals surface area contributed by atoms with Crippen molar-refractivity contribution in [3.05, 3.63) is 75.6 Å². The van der Waals surface area contributed by atoms with Crippen LogP contribution in [0, 0.1) is 0 Å². The molecule has 1 aliphatic rings. The molecule has 0 saturated heterocycles. The molecule has 2 heterocycles. The Labute approximate surface area is 182 Å². The Morgan fingerprint density at radius 3 is 2.23 bits per heavy atom. The number of benzene rings is 2. The van der Waals surface area contributed by atoms with E-state index in [2.05, 4.69) is 5.32 Å². The lowest BCUT2D eigenvalue weighted by Crippen LogP contribution is -2.32. The van der Waals surface area contributed by atoms with Crippen molar-refractivity contribution in [2.75, 3.05) is 24.4 Å². The first-order valence-corrected chi connectivity index (χ1v) is 10.2. The number of nitrogens with one attached hydrogen (secondary N) is 1. The van der Waals surface area contributed by atoms with Crippen LogP contribution in [0.2, 0.25) is 5.02 Å². The van der Waals surface area contributed by atoms with Crippen LogP contribution in [0.5, 0.6) is 11.5 Å². The van der Waals surface area contributed by atoms with Crippen LogP contribution in [0.25, 0.3) is 5.57 Å².